The summed E-state index contributed by atoms with van der Waals surface area (Å²) in [5.41, 5.74) is 3.21. The summed E-state index contributed by atoms with van der Waals surface area (Å²) in [6.07, 6.45) is 1.05. The second-order valence-corrected chi connectivity index (χ2v) is 6.75. The highest BCUT2D eigenvalue weighted by molar-refractivity contribution is 6.30. The summed E-state index contributed by atoms with van der Waals surface area (Å²) in [4.78, 5) is 23.7. The van der Waals surface area contributed by atoms with E-state index in [1.54, 1.807) is 0 Å². The maximum absolute atomic E-state index is 11.8. The fourth-order valence-electron chi connectivity index (χ4n) is 2.48. The monoisotopic (exact) mass is 388 g/mol. The third-order valence-electron chi connectivity index (χ3n) is 4.24. The van der Waals surface area contributed by atoms with Crippen LogP contribution < -0.4 is 15.4 Å². The summed E-state index contributed by atoms with van der Waals surface area (Å²) >= 11 is 5.83. The zero-order valence-electron chi connectivity index (χ0n) is 15.7. The Labute approximate surface area is 165 Å². The maximum Gasteiger partial charge on any atom is 0.258 e. The van der Waals surface area contributed by atoms with E-state index in [1.807, 2.05) is 56.3 Å². The van der Waals surface area contributed by atoms with E-state index in [0.29, 0.717) is 36.7 Å². The number of halogens is 1. The molecule has 6 heteroatoms. The van der Waals surface area contributed by atoms with Crippen LogP contribution in [0.25, 0.3) is 0 Å². The summed E-state index contributed by atoms with van der Waals surface area (Å²) in [7, 11) is 0. The molecule has 5 nitrogen and oxygen atoms in total. The van der Waals surface area contributed by atoms with Gasteiger partial charge in [-0.05, 0) is 55.2 Å². The number of carbonyl (C=O) groups is 2. The predicted octanol–water partition coefficient (Wildman–Crippen LogP) is 3.20. The van der Waals surface area contributed by atoms with E-state index in [9.17, 15) is 9.59 Å². The molecule has 0 bridgehead atoms. The first kappa shape index (κ1) is 20.8. The number of ether oxygens (including phenoxy) is 1. The zero-order valence-corrected chi connectivity index (χ0v) is 16.4. The van der Waals surface area contributed by atoms with Crippen molar-refractivity contribution in [3.05, 3.63) is 64.2 Å². The van der Waals surface area contributed by atoms with Crippen molar-refractivity contribution < 1.29 is 14.3 Å². The molecule has 0 aliphatic heterocycles. The van der Waals surface area contributed by atoms with Gasteiger partial charge in [-0.1, -0.05) is 35.9 Å². The van der Waals surface area contributed by atoms with Gasteiger partial charge in [0, 0.05) is 24.5 Å². The molecule has 2 N–H and O–H groups in total. The molecular weight excluding hydrogens is 364 g/mol. The van der Waals surface area contributed by atoms with Gasteiger partial charge in [-0.15, -0.1) is 0 Å². The normalized spacial score (nSPS) is 10.3. The molecule has 2 rings (SSSR count). The Hall–Kier alpha value is -2.53. The smallest absolute Gasteiger partial charge is 0.258 e. The van der Waals surface area contributed by atoms with Crippen LogP contribution in [0, 0.1) is 13.8 Å². The van der Waals surface area contributed by atoms with Gasteiger partial charge in [-0.2, -0.15) is 0 Å². The van der Waals surface area contributed by atoms with E-state index in [2.05, 4.69) is 10.6 Å². The first-order valence-electron chi connectivity index (χ1n) is 8.92. The fraction of sp³-hybridized carbons (Fsp3) is 0.333. The Morgan fingerprint density at radius 1 is 0.963 bits per heavy atom. The molecule has 0 unspecified atom stereocenters. The largest absolute Gasteiger partial charge is 0.483 e. The highest BCUT2D eigenvalue weighted by Crippen LogP contribution is 2.20. The summed E-state index contributed by atoms with van der Waals surface area (Å²) in [5.74, 6) is 0.442. The molecule has 0 fully saturated rings. The molecule has 0 aliphatic rings. The van der Waals surface area contributed by atoms with Gasteiger partial charge in [0.1, 0.15) is 5.75 Å². The third-order valence-corrected chi connectivity index (χ3v) is 4.49. The first-order valence-corrected chi connectivity index (χ1v) is 9.30. The van der Waals surface area contributed by atoms with Crippen molar-refractivity contribution >= 4 is 23.4 Å². The van der Waals surface area contributed by atoms with E-state index < -0.39 is 0 Å². The Morgan fingerprint density at radius 3 is 2.33 bits per heavy atom. The molecule has 0 spiro atoms. The van der Waals surface area contributed by atoms with Gasteiger partial charge in [0.2, 0.25) is 5.91 Å². The fourth-order valence-corrected chi connectivity index (χ4v) is 2.60. The van der Waals surface area contributed by atoms with Gasteiger partial charge in [-0.3, -0.25) is 9.59 Å². The molecule has 0 aliphatic carbocycles. The summed E-state index contributed by atoms with van der Waals surface area (Å²) in [5, 5.41) is 6.20. The van der Waals surface area contributed by atoms with Gasteiger partial charge >= 0.3 is 0 Å². The van der Waals surface area contributed by atoms with Gasteiger partial charge in [0.25, 0.3) is 5.91 Å². The molecule has 0 saturated heterocycles. The van der Waals surface area contributed by atoms with E-state index in [-0.39, 0.29) is 18.4 Å². The van der Waals surface area contributed by atoms with Crippen LogP contribution in [0.1, 0.15) is 23.1 Å². The Bertz CT molecular complexity index is 775. The summed E-state index contributed by atoms with van der Waals surface area (Å²) in [6.45, 7) is 4.66. The lowest BCUT2D eigenvalue weighted by Crippen LogP contribution is -2.36. The van der Waals surface area contributed by atoms with Crippen molar-refractivity contribution in [2.45, 2.75) is 26.7 Å². The van der Waals surface area contributed by atoms with Crippen LogP contribution in [-0.4, -0.2) is 31.5 Å². The molecule has 0 radical (unpaired) electrons. The number of aryl methyl sites for hydroxylation is 2. The van der Waals surface area contributed by atoms with Gasteiger partial charge in [-0.25, -0.2) is 0 Å². The number of nitrogens with one attached hydrogen (secondary N) is 2. The lowest BCUT2D eigenvalue weighted by molar-refractivity contribution is -0.124. The number of carbonyl (C=O) groups excluding carboxylic acids is 2. The van der Waals surface area contributed by atoms with Crippen molar-refractivity contribution in [1.82, 2.24) is 10.6 Å². The lowest BCUT2D eigenvalue weighted by Gasteiger charge is -2.11. The quantitative estimate of drug-likeness (QED) is 0.648. The molecule has 0 heterocycles. The van der Waals surface area contributed by atoms with Crippen molar-refractivity contribution in [2.24, 2.45) is 0 Å². The molecule has 2 amide bonds. The van der Waals surface area contributed by atoms with E-state index >= 15 is 0 Å². The molecule has 2 aromatic rings. The standard InChI is InChI=1S/C21H25ClN2O3/c1-15-4-3-5-19(16(15)2)27-14-21(26)24-13-12-23-20(25)11-8-17-6-9-18(22)10-7-17/h3-7,9-10H,8,11-14H2,1-2H3,(H,23,25)(H,24,26). The maximum atomic E-state index is 11.8. The number of rotatable bonds is 9. The van der Waals surface area contributed by atoms with Crippen LogP contribution in [0.15, 0.2) is 42.5 Å². The van der Waals surface area contributed by atoms with E-state index in [1.165, 1.54) is 0 Å². The number of hydrogen-bond acceptors (Lipinski definition) is 3. The molecule has 0 aromatic heterocycles. The minimum absolute atomic E-state index is 0.0468. The van der Waals surface area contributed by atoms with Crippen molar-refractivity contribution in [1.29, 1.82) is 0 Å². The Balaban J connectivity index is 1.58. The van der Waals surface area contributed by atoms with Crippen LogP contribution in [0.5, 0.6) is 5.75 Å². The highest BCUT2D eigenvalue weighted by atomic mass is 35.5. The molecule has 2 aromatic carbocycles. The van der Waals surface area contributed by atoms with Crippen LogP contribution in [0.3, 0.4) is 0 Å². The molecule has 27 heavy (non-hydrogen) atoms. The Morgan fingerprint density at radius 2 is 1.63 bits per heavy atom. The van der Waals surface area contributed by atoms with Crippen molar-refractivity contribution in [2.75, 3.05) is 19.7 Å². The van der Waals surface area contributed by atoms with E-state index in [4.69, 9.17) is 16.3 Å². The zero-order chi connectivity index (χ0) is 19.6. The second kappa shape index (κ2) is 10.6. The van der Waals surface area contributed by atoms with Gasteiger partial charge in [0.15, 0.2) is 6.61 Å². The predicted molar refractivity (Wildman–Crippen MR) is 107 cm³/mol. The van der Waals surface area contributed by atoms with E-state index in [0.717, 1.165) is 16.7 Å². The summed E-state index contributed by atoms with van der Waals surface area (Å²) < 4.78 is 5.54. The van der Waals surface area contributed by atoms with Crippen LogP contribution in [0.4, 0.5) is 0 Å². The van der Waals surface area contributed by atoms with Crippen molar-refractivity contribution in [3.8, 4) is 5.75 Å². The van der Waals surface area contributed by atoms with Gasteiger partial charge in [0.05, 0.1) is 0 Å². The van der Waals surface area contributed by atoms with Crippen molar-refractivity contribution in [3.63, 3.8) is 0 Å². The number of benzene rings is 2. The molecular formula is C21H25ClN2O3. The van der Waals surface area contributed by atoms with Gasteiger partial charge < -0.3 is 15.4 Å². The van der Waals surface area contributed by atoms with Crippen LogP contribution in [0.2, 0.25) is 5.02 Å². The SMILES string of the molecule is Cc1cccc(OCC(=O)NCCNC(=O)CCc2ccc(Cl)cc2)c1C. The topological polar surface area (TPSA) is 67.4 Å². The number of amides is 2. The average Bonchev–Trinajstić information content (AvgIpc) is 2.66. The lowest BCUT2D eigenvalue weighted by atomic mass is 10.1. The summed E-state index contributed by atoms with van der Waals surface area (Å²) in [6, 6.07) is 13.2. The number of hydrogen-bond donors (Lipinski definition) is 2. The highest BCUT2D eigenvalue weighted by Gasteiger charge is 2.06. The molecule has 0 saturated carbocycles. The minimum Gasteiger partial charge on any atom is -0.483 e. The van der Waals surface area contributed by atoms with Crippen LogP contribution >= 0.6 is 11.6 Å². The molecule has 0 atom stereocenters. The average molecular weight is 389 g/mol. The first-order chi connectivity index (χ1) is 13.0. The Kier molecular flexibility index (Phi) is 8.14. The third kappa shape index (κ3) is 7.31. The minimum atomic E-state index is -0.216. The second-order valence-electron chi connectivity index (χ2n) is 6.31. The molecule has 144 valence electrons. The van der Waals surface area contributed by atoms with Crippen LogP contribution in [-0.2, 0) is 16.0 Å².